The molecule has 2 nitrogen and oxygen atoms in total. The topological polar surface area (TPSA) is 15.3 Å². The van der Waals surface area contributed by atoms with Crippen LogP contribution < -0.4 is 5.32 Å². The molecule has 1 aromatic rings. The molecule has 110 valence electrons. The van der Waals surface area contributed by atoms with E-state index < -0.39 is 0 Å². The Kier molecular flexibility index (Phi) is 4.74. The van der Waals surface area contributed by atoms with Crippen LogP contribution >= 0.6 is 0 Å². The molecule has 1 saturated heterocycles. The summed E-state index contributed by atoms with van der Waals surface area (Å²) in [5.41, 5.74) is 3.18. The van der Waals surface area contributed by atoms with E-state index in [1.54, 1.807) is 11.1 Å². The molecule has 2 aliphatic rings. The fourth-order valence-electron chi connectivity index (χ4n) is 3.86. The van der Waals surface area contributed by atoms with E-state index in [9.17, 15) is 0 Å². The van der Waals surface area contributed by atoms with Crippen LogP contribution in [0.2, 0.25) is 0 Å². The van der Waals surface area contributed by atoms with Crippen molar-refractivity contribution in [1.29, 1.82) is 0 Å². The molecule has 0 radical (unpaired) electrons. The molecule has 1 fully saturated rings. The van der Waals surface area contributed by atoms with Gasteiger partial charge in [0.1, 0.15) is 0 Å². The summed E-state index contributed by atoms with van der Waals surface area (Å²) < 4.78 is 0. The summed E-state index contributed by atoms with van der Waals surface area (Å²) in [5.74, 6) is 0.905. The first-order chi connectivity index (χ1) is 9.86. The number of hydrogen-bond donors (Lipinski definition) is 1. The zero-order valence-corrected chi connectivity index (χ0v) is 12.8. The van der Waals surface area contributed by atoms with Crippen LogP contribution in [-0.2, 0) is 12.8 Å². The third-order valence-corrected chi connectivity index (χ3v) is 5.17. The second kappa shape index (κ2) is 6.73. The van der Waals surface area contributed by atoms with Gasteiger partial charge in [-0.25, -0.2) is 0 Å². The SMILES string of the molecule is CCNCC1CCN(C2CCc3ccccc3C2)CC1. The van der Waals surface area contributed by atoms with Gasteiger partial charge in [-0.15, -0.1) is 0 Å². The van der Waals surface area contributed by atoms with Gasteiger partial charge < -0.3 is 10.2 Å². The summed E-state index contributed by atoms with van der Waals surface area (Å²) in [4.78, 5) is 2.76. The Morgan fingerprint density at radius 3 is 2.60 bits per heavy atom. The van der Waals surface area contributed by atoms with Crippen LogP contribution in [-0.4, -0.2) is 37.1 Å². The lowest BCUT2D eigenvalue weighted by molar-refractivity contribution is 0.121. The molecule has 1 unspecified atom stereocenters. The largest absolute Gasteiger partial charge is 0.317 e. The molecule has 0 saturated carbocycles. The Labute approximate surface area is 123 Å². The van der Waals surface area contributed by atoms with Gasteiger partial charge in [-0.1, -0.05) is 31.2 Å². The monoisotopic (exact) mass is 272 g/mol. The number of hydrogen-bond acceptors (Lipinski definition) is 2. The van der Waals surface area contributed by atoms with Crippen LogP contribution in [0, 0.1) is 5.92 Å². The standard InChI is InChI=1S/C18H28N2/c1-2-19-14-15-9-11-20(12-10-15)18-8-7-16-5-3-4-6-17(16)13-18/h3-6,15,18-19H,2,7-14H2,1H3. The van der Waals surface area contributed by atoms with Gasteiger partial charge in [0, 0.05) is 6.04 Å². The molecule has 20 heavy (non-hydrogen) atoms. The lowest BCUT2D eigenvalue weighted by Crippen LogP contribution is -2.45. The molecular weight excluding hydrogens is 244 g/mol. The minimum Gasteiger partial charge on any atom is -0.317 e. The zero-order chi connectivity index (χ0) is 13.8. The fourth-order valence-corrected chi connectivity index (χ4v) is 3.86. The Balaban J connectivity index is 1.52. The average molecular weight is 272 g/mol. The van der Waals surface area contributed by atoms with E-state index in [0.717, 1.165) is 18.5 Å². The van der Waals surface area contributed by atoms with Gasteiger partial charge in [0.2, 0.25) is 0 Å². The van der Waals surface area contributed by atoms with E-state index in [2.05, 4.69) is 41.4 Å². The third-order valence-electron chi connectivity index (χ3n) is 5.17. The highest BCUT2D eigenvalue weighted by Gasteiger charge is 2.27. The number of rotatable bonds is 4. The molecule has 1 aromatic carbocycles. The molecule has 1 aliphatic heterocycles. The first kappa shape index (κ1) is 14.1. The van der Waals surface area contributed by atoms with E-state index in [-0.39, 0.29) is 0 Å². The summed E-state index contributed by atoms with van der Waals surface area (Å²) in [6.07, 6.45) is 6.66. The van der Waals surface area contributed by atoms with Crippen molar-refractivity contribution in [2.75, 3.05) is 26.2 Å². The summed E-state index contributed by atoms with van der Waals surface area (Å²) >= 11 is 0. The van der Waals surface area contributed by atoms with Gasteiger partial charge in [0.15, 0.2) is 0 Å². The van der Waals surface area contributed by atoms with Gasteiger partial charge in [0.05, 0.1) is 0 Å². The van der Waals surface area contributed by atoms with Crippen LogP contribution in [0.15, 0.2) is 24.3 Å². The Bertz CT molecular complexity index is 421. The number of benzene rings is 1. The second-order valence-corrected chi connectivity index (χ2v) is 6.45. The highest BCUT2D eigenvalue weighted by atomic mass is 15.2. The molecule has 1 heterocycles. The molecule has 2 heteroatoms. The van der Waals surface area contributed by atoms with E-state index in [4.69, 9.17) is 0 Å². The van der Waals surface area contributed by atoms with Crippen molar-refractivity contribution in [2.24, 2.45) is 5.92 Å². The Hall–Kier alpha value is -0.860. The van der Waals surface area contributed by atoms with Gasteiger partial charge in [-0.05, 0) is 75.3 Å². The van der Waals surface area contributed by atoms with Crippen LogP contribution in [0.1, 0.15) is 37.3 Å². The number of nitrogens with one attached hydrogen (secondary N) is 1. The van der Waals surface area contributed by atoms with Gasteiger partial charge in [-0.3, -0.25) is 0 Å². The lowest BCUT2D eigenvalue weighted by Gasteiger charge is -2.39. The van der Waals surface area contributed by atoms with E-state index in [1.807, 2.05) is 0 Å². The van der Waals surface area contributed by atoms with Crippen molar-refractivity contribution in [3.63, 3.8) is 0 Å². The maximum absolute atomic E-state index is 3.51. The first-order valence-electron chi connectivity index (χ1n) is 8.38. The van der Waals surface area contributed by atoms with E-state index >= 15 is 0 Å². The molecule has 1 N–H and O–H groups in total. The minimum atomic E-state index is 0.796. The summed E-state index contributed by atoms with van der Waals surface area (Å²) in [6, 6.07) is 9.83. The van der Waals surface area contributed by atoms with Crippen LogP contribution in [0.25, 0.3) is 0 Å². The normalized spacial score (nSPS) is 24.6. The van der Waals surface area contributed by atoms with Crippen LogP contribution in [0.4, 0.5) is 0 Å². The van der Waals surface area contributed by atoms with E-state index in [1.165, 1.54) is 51.7 Å². The maximum Gasteiger partial charge on any atom is 0.0139 e. The second-order valence-electron chi connectivity index (χ2n) is 6.45. The number of fused-ring (bicyclic) bond motifs is 1. The van der Waals surface area contributed by atoms with Crippen molar-refractivity contribution in [3.05, 3.63) is 35.4 Å². The molecular formula is C18H28N2. The Morgan fingerprint density at radius 2 is 1.85 bits per heavy atom. The predicted molar refractivity (Wildman–Crippen MR) is 85.1 cm³/mol. The van der Waals surface area contributed by atoms with Crippen molar-refractivity contribution >= 4 is 0 Å². The lowest BCUT2D eigenvalue weighted by atomic mass is 9.86. The molecule has 1 atom stereocenters. The summed E-state index contributed by atoms with van der Waals surface area (Å²) in [5, 5.41) is 3.51. The highest BCUT2D eigenvalue weighted by Crippen LogP contribution is 2.27. The molecule has 1 aliphatic carbocycles. The quantitative estimate of drug-likeness (QED) is 0.906. The average Bonchev–Trinajstić information content (AvgIpc) is 2.53. The van der Waals surface area contributed by atoms with Gasteiger partial charge >= 0.3 is 0 Å². The van der Waals surface area contributed by atoms with Crippen molar-refractivity contribution in [1.82, 2.24) is 10.2 Å². The van der Waals surface area contributed by atoms with Crippen molar-refractivity contribution in [2.45, 2.75) is 45.1 Å². The molecule has 0 amide bonds. The van der Waals surface area contributed by atoms with Crippen LogP contribution in [0.3, 0.4) is 0 Å². The van der Waals surface area contributed by atoms with Crippen LogP contribution in [0.5, 0.6) is 0 Å². The smallest absolute Gasteiger partial charge is 0.0139 e. The molecule has 0 bridgehead atoms. The predicted octanol–water partition coefficient (Wildman–Crippen LogP) is 2.87. The minimum absolute atomic E-state index is 0.796. The molecule has 0 aromatic heterocycles. The highest BCUT2D eigenvalue weighted by molar-refractivity contribution is 5.30. The van der Waals surface area contributed by atoms with E-state index in [0.29, 0.717) is 0 Å². The number of aryl methyl sites for hydroxylation is 1. The molecule has 3 rings (SSSR count). The first-order valence-corrected chi connectivity index (χ1v) is 8.38. The summed E-state index contributed by atoms with van der Waals surface area (Å²) in [7, 11) is 0. The van der Waals surface area contributed by atoms with Gasteiger partial charge in [-0.2, -0.15) is 0 Å². The fraction of sp³-hybridized carbons (Fsp3) is 0.667. The van der Waals surface area contributed by atoms with Crippen molar-refractivity contribution in [3.8, 4) is 0 Å². The van der Waals surface area contributed by atoms with Gasteiger partial charge in [0.25, 0.3) is 0 Å². The van der Waals surface area contributed by atoms with Crippen molar-refractivity contribution < 1.29 is 0 Å². The zero-order valence-electron chi connectivity index (χ0n) is 12.8. The Morgan fingerprint density at radius 1 is 1.10 bits per heavy atom. The number of nitrogens with zero attached hydrogens (tertiary/aromatic N) is 1. The third kappa shape index (κ3) is 3.24. The molecule has 0 spiro atoms. The number of likely N-dealkylation sites (tertiary alicyclic amines) is 1. The maximum atomic E-state index is 3.51. The summed E-state index contributed by atoms with van der Waals surface area (Å²) in [6.45, 7) is 7.15. The number of piperidine rings is 1.